The first kappa shape index (κ1) is 22.8. The maximum absolute atomic E-state index is 14.5. The number of Topliss-reactive ketones (excluding diaryl/α,β-unsaturated/α-hetero) is 1. The molecule has 0 fully saturated rings. The van der Waals surface area contributed by atoms with Gasteiger partial charge in [0.05, 0.1) is 18.1 Å². The Morgan fingerprint density at radius 1 is 1.00 bits per heavy atom. The summed E-state index contributed by atoms with van der Waals surface area (Å²) in [4.78, 5) is 45.8. The second-order valence-corrected chi connectivity index (χ2v) is 4.81. The summed E-state index contributed by atoms with van der Waals surface area (Å²) >= 11 is 0. The number of carbonyl (C=O) groups excluding carboxylic acids is 3. The van der Waals surface area contributed by atoms with Gasteiger partial charge in [-0.05, 0) is 13.8 Å². The van der Waals surface area contributed by atoms with Crippen LogP contribution in [-0.2, 0) is 19.1 Å². The molecular weight excluding hydrogens is 398 g/mol. The molecule has 0 saturated carbocycles. The first-order valence-electron chi connectivity index (χ1n) is 7.54. The second-order valence-electron chi connectivity index (χ2n) is 4.81. The predicted molar refractivity (Wildman–Crippen MR) is 80.7 cm³/mol. The Morgan fingerprint density at radius 2 is 1.50 bits per heavy atom. The largest absolute Gasteiger partial charge is 0.465 e. The Hall–Kier alpha value is -3.25. The number of rotatable bonds is 9. The molecule has 0 heterocycles. The molecule has 0 aliphatic rings. The average Bonchev–Trinajstić information content (AvgIpc) is 2.61. The van der Waals surface area contributed by atoms with Gasteiger partial charge in [-0.15, -0.1) is 0 Å². The first-order chi connectivity index (χ1) is 13.1. The molecule has 0 aliphatic carbocycles. The Kier molecular flexibility index (Phi) is 7.83. The number of hydrogen-bond acceptors (Lipinski definition) is 8. The van der Waals surface area contributed by atoms with Crippen molar-refractivity contribution in [2.24, 2.45) is 5.92 Å². The average molecular weight is 411 g/mol. The highest BCUT2D eigenvalue weighted by atomic mass is 19.2. The van der Waals surface area contributed by atoms with Gasteiger partial charge in [-0.2, -0.15) is 8.78 Å². The molecule has 0 bridgehead atoms. The third-order valence-electron chi connectivity index (χ3n) is 3.19. The van der Waals surface area contributed by atoms with Crippen LogP contribution in [0.25, 0.3) is 0 Å². The Morgan fingerprint density at radius 3 is 1.89 bits per heavy atom. The topological polar surface area (TPSA) is 122 Å². The van der Waals surface area contributed by atoms with Crippen LogP contribution < -0.4 is 4.74 Å². The molecule has 0 unspecified atom stereocenters. The van der Waals surface area contributed by atoms with Gasteiger partial charge in [0.2, 0.25) is 24.4 Å². The third-order valence-corrected chi connectivity index (χ3v) is 3.19. The summed E-state index contributed by atoms with van der Waals surface area (Å²) in [6.45, 7) is 0.00975. The number of benzene rings is 1. The van der Waals surface area contributed by atoms with Crippen molar-refractivity contribution in [2.75, 3.05) is 20.1 Å². The van der Waals surface area contributed by atoms with Crippen LogP contribution >= 0.6 is 0 Å². The minimum absolute atomic E-state index is 0.347. The van der Waals surface area contributed by atoms with Crippen molar-refractivity contribution in [3.05, 3.63) is 33.1 Å². The van der Waals surface area contributed by atoms with Crippen LogP contribution in [0.5, 0.6) is 5.75 Å². The Labute approximate surface area is 154 Å². The standard InChI is InChI=1S/C15H13F4NO8/c1-3-26-14(22)7(15(23)27-4-2)12(21)6-8(17)13(28-5-16)10(19)9(18)11(6)20(24)25/h7H,3-5H2,1-2H3. The summed E-state index contributed by atoms with van der Waals surface area (Å²) in [7, 11) is 0. The second kappa shape index (κ2) is 9.62. The van der Waals surface area contributed by atoms with Crippen molar-refractivity contribution in [3.63, 3.8) is 0 Å². The van der Waals surface area contributed by atoms with Crippen molar-refractivity contribution < 1.29 is 51.1 Å². The molecule has 9 nitrogen and oxygen atoms in total. The molecule has 0 aliphatic heterocycles. The summed E-state index contributed by atoms with van der Waals surface area (Å²) in [5, 5.41) is 11.1. The summed E-state index contributed by atoms with van der Waals surface area (Å²) < 4.78 is 67.5. The molecule has 0 saturated heterocycles. The van der Waals surface area contributed by atoms with E-state index in [1.807, 2.05) is 0 Å². The number of nitro benzene ring substituents is 1. The normalized spacial score (nSPS) is 10.5. The summed E-state index contributed by atoms with van der Waals surface area (Å²) in [5.41, 5.74) is -3.82. The number of ether oxygens (including phenoxy) is 3. The monoisotopic (exact) mass is 411 g/mol. The van der Waals surface area contributed by atoms with E-state index in [1.54, 1.807) is 0 Å². The third kappa shape index (κ3) is 4.35. The molecule has 0 amide bonds. The molecule has 1 rings (SSSR count). The first-order valence-corrected chi connectivity index (χ1v) is 7.54. The number of nitro groups is 1. The van der Waals surface area contributed by atoms with Gasteiger partial charge in [-0.25, -0.2) is 8.78 Å². The number of nitrogens with zero attached hydrogens (tertiary/aromatic N) is 1. The maximum Gasteiger partial charge on any atom is 0.328 e. The molecule has 0 aromatic heterocycles. The minimum atomic E-state index is -2.57. The van der Waals surface area contributed by atoms with Gasteiger partial charge in [0.1, 0.15) is 5.56 Å². The number of ketones is 1. The van der Waals surface area contributed by atoms with E-state index in [0.717, 1.165) is 0 Å². The van der Waals surface area contributed by atoms with Crippen molar-refractivity contribution in [1.82, 2.24) is 0 Å². The van der Waals surface area contributed by atoms with Gasteiger partial charge >= 0.3 is 17.6 Å². The SMILES string of the molecule is CCOC(=O)C(C(=O)OCC)C(=O)c1c(F)c(OCF)c(F)c(F)c1[N+](=O)[O-]. The molecule has 0 spiro atoms. The van der Waals surface area contributed by atoms with Crippen LogP contribution in [0.3, 0.4) is 0 Å². The van der Waals surface area contributed by atoms with Crippen LogP contribution in [0.4, 0.5) is 23.2 Å². The predicted octanol–water partition coefficient (Wildman–Crippen LogP) is 2.24. The Bertz CT molecular complexity index is 796. The minimum Gasteiger partial charge on any atom is -0.465 e. The molecule has 1 aromatic rings. The fourth-order valence-corrected chi connectivity index (χ4v) is 2.11. The van der Waals surface area contributed by atoms with E-state index in [-0.39, 0.29) is 13.2 Å². The highest BCUT2D eigenvalue weighted by Crippen LogP contribution is 2.37. The molecule has 28 heavy (non-hydrogen) atoms. The zero-order valence-corrected chi connectivity index (χ0v) is 14.4. The molecule has 0 radical (unpaired) electrons. The lowest BCUT2D eigenvalue weighted by molar-refractivity contribution is -0.388. The van der Waals surface area contributed by atoms with Gasteiger partial charge in [0, 0.05) is 0 Å². The van der Waals surface area contributed by atoms with Crippen molar-refractivity contribution >= 4 is 23.4 Å². The number of halogens is 4. The summed E-state index contributed by atoms with van der Waals surface area (Å²) in [6, 6.07) is 0. The number of carbonyl (C=O) groups is 3. The van der Waals surface area contributed by atoms with Gasteiger partial charge in [0.25, 0.3) is 0 Å². The number of alkyl halides is 1. The van der Waals surface area contributed by atoms with E-state index in [4.69, 9.17) is 0 Å². The highest BCUT2D eigenvalue weighted by Gasteiger charge is 2.45. The quantitative estimate of drug-likeness (QED) is 0.115. The van der Waals surface area contributed by atoms with Gasteiger partial charge in [-0.3, -0.25) is 24.5 Å². The van der Waals surface area contributed by atoms with Crippen molar-refractivity contribution in [3.8, 4) is 5.75 Å². The molecule has 0 N–H and O–H groups in total. The number of hydrogen-bond donors (Lipinski definition) is 0. The fourth-order valence-electron chi connectivity index (χ4n) is 2.11. The summed E-state index contributed by atoms with van der Waals surface area (Å²) in [6.07, 6.45) is 0. The lowest BCUT2D eigenvalue weighted by Crippen LogP contribution is -2.36. The van der Waals surface area contributed by atoms with Crippen LogP contribution in [0, 0.1) is 33.5 Å². The zero-order valence-electron chi connectivity index (χ0n) is 14.4. The summed E-state index contributed by atoms with van der Waals surface area (Å²) in [5.74, 6) is -16.3. The Balaban J connectivity index is 3.77. The molecule has 13 heteroatoms. The van der Waals surface area contributed by atoms with E-state index in [9.17, 15) is 42.1 Å². The van der Waals surface area contributed by atoms with E-state index in [2.05, 4.69) is 14.2 Å². The lowest BCUT2D eigenvalue weighted by atomic mass is 9.95. The van der Waals surface area contributed by atoms with E-state index in [0.29, 0.717) is 0 Å². The van der Waals surface area contributed by atoms with Gasteiger partial charge < -0.3 is 14.2 Å². The van der Waals surface area contributed by atoms with Gasteiger partial charge in [0.15, 0.2) is 17.3 Å². The van der Waals surface area contributed by atoms with E-state index in [1.165, 1.54) is 13.8 Å². The highest BCUT2D eigenvalue weighted by molar-refractivity contribution is 6.22. The lowest BCUT2D eigenvalue weighted by Gasteiger charge is -2.15. The zero-order chi connectivity index (χ0) is 21.6. The smallest absolute Gasteiger partial charge is 0.328 e. The van der Waals surface area contributed by atoms with Gasteiger partial charge in [-0.1, -0.05) is 0 Å². The molecule has 1 aromatic carbocycles. The fraction of sp³-hybridized carbons (Fsp3) is 0.400. The van der Waals surface area contributed by atoms with Crippen molar-refractivity contribution in [1.29, 1.82) is 0 Å². The van der Waals surface area contributed by atoms with E-state index < -0.39 is 69.9 Å². The van der Waals surface area contributed by atoms with Crippen LogP contribution in [0.1, 0.15) is 24.2 Å². The molecule has 154 valence electrons. The van der Waals surface area contributed by atoms with Crippen LogP contribution in [0.2, 0.25) is 0 Å². The van der Waals surface area contributed by atoms with E-state index >= 15 is 0 Å². The molecule has 0 atom stereocenters. The van der Waals surface area contributed by atoms with Crippen LogP contribution in [0.15, 0.2) is 0 Å². The molecular formula is C15H13F4NO8. The number of esters is 2. The van der Waals surface area contributed by atoms with Crippen molar-refractivity contribution in [2.45, 2.75) is 13.8 Å². The maximum atomic E-state index is 14.5. The van der Waals surface area contributed by atoms with Crippen LogP contribution in [-0.4, -0.2) is 42.7 Å².